The van der Waals surface area contributed by atoms with Gasteiger partial charge in [0.05, 0.1) is 6.10 Å². The fourth-order valence-electron chi connectivity index (χ4n) is 2.56. The third-order valence-electron chi connectivity index (χ3n) is 3.66. The van der Waals surface area contributed by atoms with Crippen molar-refractivity contribution in [2.45, 2.75) is 38.9 Å². The molecule has 2 bridgehead atoms. The van der Waals surface area contributed by atoms with E-state index in [0.29, 0.717) is 12.3 Å². The van der Waals surface area contributed by atoms with Crippen molar-refractivity contribution >= 4 is 0 Å². The lowest BCUT2D eigenvalue weighted by molar-refractivity contribution is -0.101. The van der Waals surface area contributed by atoms with Gasteiger partial charge in [-0.05, 0) is 30.3 Å². The van der Waals surface area contributed by atoms with Crippen LogP contribution >= 0.6 is 0 Å². The normalized spacial score (nSPS) is 49.6. The molecule has 0 aromatic heterocycles. The fraction of sp³-hybridized carbons (Fsp3) is 0.800. The maximum absolute atomic E-state index is 9.97. The van der Waals surface area contributed by atoms with Crippen molar-refractivity contribution in [2.24, 2.45) is 11.3 Å². The number of hydrogen-bond donors (Lipinski definition) is 2. The highest BCUT2D eigenvalue weighted by molar-refractivity contribution is 5.39. The van der Waals surface area contributed by atoms with Gasteiger partial charge in [0.15, 0.2) is 0 Å². The van der Waals surface area contributed by atoms with Gasteiger partial charge in [-0.25, -0.2) is 0 Å². The van der Waals surface area contributed by atoms with Crippen molar-refractivity contribution in [1.82, 2.24) is 0 Å². The van der Waals surface area contributed by atoms with Crippen molar-refractivity contribution in [2.75, 3.05) is 0 Å². The Labute approximate surface area is 72.9 Å². The molecular weight excluding hydrogens is 152 g/mol. The first-order valence-corrected chi connectivity index (χ1v) is 4.50. The van der Waals surface area contributed by atoms with Crippen LogP contribution in [0.3, 0.4) is 0 Å². The maximum atomic E-state index is 9.97. The highest BCUT2D eigenvalue weighted by Gasteiger charge is 2.56. The summed E-state index contributed by atoms with van der Waals surface area (Å²) in [6.07, 6.45) is 2.23. The standard InChI is InChI=1S/C10H16O2/c1-9(2)6-4-7(9)10(3,12)8(11)5-6/h4,6,8,11-12H,5H2,1-3H3. The van der Waals surface area contributed by atoms with Gasteiger partial charge in [0.25, 0.3) is 0 Å². The first kappa shape index (κ1) is 8.27. The third-order valence-corrected chi connectivity index (χ3v) is 3.66. The van der Waals surface area contributed by atoms with E-state index in [9.17, 15) is 10.2 Å². The van der Waals surface area contributed by atoms with Gasteiger partial charge in [-0.15, -0.1) is 0 Å². The summed E-state index contributed by atoms with van der Waals surface area (Å²) in [7, 11) is 0. The van der Waals surface area contributed by atoms with Crippen LogP contribution in [0.5, 0.6) is 0 Å². The summed E-state index contributed by atoms with van der Waals surface area (Å²) in [6, 6.07) is 0. The second-order valence-electron chi connectivity index (χ2n) is 4.81. The Morgan fingerprint density at radius 1 is 1.42 bits per heavy atom. The highest BCUT2D eigenvalue weighted by Crippen LogP contribution is 2.57. The van der Waals surface area contributed by atoms with Crippen LogP contribution in [0.25, 0.3) is 0 Å². The van der Waals surface area contributed by atoms with Crippen molar-refractivity contribution in [3.8, 4) is 0 Å². The van der Waals surface area contributed by atoms with Crippen LogP contribution in [0.2, 0.25) is 0 Å². The van der Waals surface area contributed by atoms with Gasteiger partial charge in [-0.2, -0.15) is 0 Å². The van der Waals surface area contributed by atoms with E-state index in [1.54, 1.807) is 6.92 Å². The first-order valence-electron chi connectivity index (χ1n) is 4.50. The monoisotopic (exact) mass is 168 g/mol. The molecule has 3 rings (SSSR count). The lowest BCUT2D eigenvalue weighted by Gasteiger charge is -2.56. The molecule has 0 aromatic carbocycles. The highest BCUT2D eigenvalue weighted by atomic mass is 16.3. The van der Waals surface area contributed by atoms with E-state index in [2.05, 4.69) is 19.9 Å². The van der Waals surface area contributed by atoms with Gasteiger partial charge >= 0.3 is 0 Å². The van der Waals surface area contributed by atoms with Gasteiger partial charge in [0.2, 0.25) is 0 Å². The molecule has 0 aliphatic heterocycles. The number of hydrogen-bond acceptors (Lipinski definition) is 2. The van der Waals surface area contributed by atoms with Crippen molar-refractivity contribution in [3.63, 3.8) is 0 Å². The largest absolute Gasteiger partial charge is 0.390 e. The van der Waals surface area contributed by atoms with E-state index in [0.717, 1.165) is 5.57 Å². The van der Waals surface area contributed by atoms with Crippen LogP contribution in [0, 0.1) is 11.3 Å². The molecule has 0 heterocycles. The molecule has 1 fully saturated rings. The van der Waals surface area contributed by atoms with E-state index in [1.165, 1.54) is 0 Å². The second kappa shape index (κ2) is 1.94. The first-order chi connectivity index (χ1) is 5.37. The number of aliphatic hydroxyl groups excluding tert-OH is 1. The molecule has 0 spiro atoms. The Kier molecular flexibility index (Phi) is 1.33. The molecule has 12 heavy (non-hydrogen) atoms. The lowest BCUT2D eigenvalue weighted by atomic mass is 9.51. The van der Waals surface area contributed by atoms with Gasteiger partial charge in [-0.1, -0.05) is 19.9 Å². The summed E-state index contributed by atoms with van der Waals surface area (Å²) < 4.78 is 0. The minimum Gasteiger partial charge on any atom is -0.390 e. The summed E-state index contributed by atoms with van der Waals surface area (Å²) in [6.45, 7) is 5.97. The van der Waals surface area contributed by atoms with E-state index in [-0.39, 0.29) is 5.41 Å². The van der Waals surface area contributed by atoms with Crippen LogP contribution in [0.15, 0.2) is 11.6 Å². The molecule has 2 heteroatoms. The van der Waals surface area contributed by atoms with Gasteiger partial charge in [0.1, 0.15) is 5.60 Å². The SMILES string of the molecule is CC1(C)C2=CC1CC(O)C2(C)O. The molecule has 2 N–H and O–H groups in total. The Balaban J connectivity index is 2.39. The molecular formula is C10H16O2. The maximum Gasteiger partial charge on any atom is 0.109 e. The zero-order valence-electron chi connectivity index (χ0n) is 7.83. The van der Waals surface area contributed by atoms with Crippen LogP contribution < -0.4 is 0 Å². The molecule has 0 aromatic rings. The Hall–Kier alpha value is -0.340. The van der Waals surface area contributed by atoms with Gasteiger partial charge in [-0.3, -0.25) is 0 Å². The average Bonchev–Trinajstić information content (AvgIpc) is 1.93. The van der Waals surface area contributed by atoms with Crippen molar-refractivity contribution < 1.29 is 10.2 Å². The van der Waals surface area contributed by atoms with Crippen LogP contribution in [0.1, 0.15) is 27.2 Å². The average molecular weight is 168 g/mol. The molecule has 3 aliphatic carbocycles. The Morgan fingerprint density at radius 2 is 2.00 bits per heavy atom. The molecule has 2 nitrogen and oxygen atoms in total. The third kappa shape index (κ3) is 0.723. The molecule has 3 aliphatic rings. The van der Waals surface area contributed by atoms with E-state index in [4.69, 9.17) is 0 Å². The summed E-state index contributed by atoms with van der Waals surface area (Å²) in [5.74, 6) is 0.461. The molecule has 0 radical (unpaired) electrons. The molecule has 3 atom stereocenters. The Bertz CT molecular complexity index is 251. The second-order valence-corrected chi connectivity index (χ2v) is 4.81. The summed E-state index contributed by atoms with van der Waals surface area (Å²) >= 11 is 0. The molecule has 1 saturated carbocycles. The van der Waals surface area contributed by atoms with Gasteiger partial charge < -0.3 is 10.2 Å². The van der Waals surface area contributed by atoms with E-state index in [1.807, 2.05) is 0 Å². The zero-order valence-corrected chi connectivity index (χ0v) is 7.83. The molecule has 3 unspecified atom stereocenters. The van der Waals surface area contributed by atoms with E-state index >= 15 is 0 Å². The molecule has 68 valence electrons. The Morgan fingerprint density at radius 3 is 2.33 bits per heavy atom. The smallest absolute Gasteiger partial charge is 0.109 e. The van der Waals surface area contributed by atoms with Crippen LogP contribution in [0.4, 0.5) is 0 Å². The predicted molar refractivity (Wildman–Crippen MR) is 46.6 cm³/mol. The molecule has 0 saturated heterocycles. The van der Waals surface area contributed by atoms with Gasteiger partial charge in [0, 0.05) is 0 Å². The zero-order chi connectivity index (χ0) is 9.15. The predicted octanol–water partition coefficient (Wildman–Crippen LogP) is 1.08. The van der Waals surface area contributed by atoms with Crippen molar-refractivity contribution in [1.29, 1.82) is 0 Å². The summed E-state index contributed by atoms with van der Waals surface area (Å²) in [4.78, 5) is 0. The number of rotatable bonds is 0. The quantitative estimate of drug-likeness (QED) is 0.531. The minimum atomic E-state index is -0.988. The number of allylic oxidation sites excluding steroid dienone is 1. The van der Waals surface area contributed by atoms with Crippen LogP contribution in [-0.2, 0) is 0 Å². The van der Waals surface area contributed by atoms with Crippen LogP contribution in [-0.4, -0.2) is 21.9 Å². The minimum absolute atomic E-state index is 0.0999. The van der Waals surface area contributed by atoms with E-state index < -0.39 is 11.7 Å². The summed E-state index contributed by atoms with van der Waals surface area (Å²) in [5, 5.41) is 19.5. The topological polar surface area (TPSA) is 40.5 Å². The number of fused-ring (bicyclic) bond motifs is 2. The fourth-order valence-corrected chi connectivity index (χ4v) is 2.56. The number of aliphatic hydroxyl groups is 2. The van der Waals surface area contributed by atoms with Crippen molar-refractivity contribution in [3.05, 3.63) is 11.6 Å². The summed E-state index contributed by atoms with van der Waals surface area (Å²) in [5.41, 5.74) is 0.125. The lowest BCUT2D eigenvalue weighted by Crippen LogP contribution is -2.58. The molecule has 0 amide bonds.